The van der Waals surface area contributed by atoms with Gasteiger partial charge in [0.2, 0.25) is 0 Å². The number of fused-ring (bicyclic) bond motifs is 1. The van der Waals surface area contributed by atoms with Crippen molar-refractivity contribution in [2.45, 2.75) is 44.5 Å². The van der Waals surface area contributed by atoms with Gasteiger partial charge in [0.25, 0.3) is 0 Å². The highest BCUT2D eigenvalue weighted by Gasteiger charge is 2.44. The van der Waals surface area contributed by atoms with Crippen molar-refractivity contribution in [3.8, 4) is 11.5 Å². The molecule has 0 aliphatic heterocycles. The maximum absolute atomic E-state index is 13.9. The van der Waals surface area contributed by atoms with E-state index in [9.17, 15) is 17.6 Å². The van der Waals surface area contributed by atoms with E-state index in [0.717, 1.165) is 25.0 Å². The maximum Gasteiger partial charge on any atom is 0.416 e. The van der Waals surface area contributed by atoms with Crippen LogP contribution in [-0.2, 0) is 10.9 Å². The van der Waals surface area contributed by atoms with E-state index in [2.05, 4.69) is 15.3 Å². The van der Waals surface area contributed by atoms with Crippen molar-refractivity contribution < 1.29 is 31.8 Å². The van der Waals surface area contributed by atoms with Gasteiger partial charge in [-0.05, 0) is 56.5 Å². The predicted molar refractivity (Wildman–Crippen MR) is 119 cm³/mol. The summed E-state index contributed by atoms with van der Waals surface area (Å²) in [6.45, 7) is 3.68. The molecule has 0 saturated heterocycles. The van der Waals surface area contributed by atoms with Crippen LogP contribution in [0.3, 0.4) is 0 Å². The van der Waals surface area contributed by atoms with E-state index in [4.69, 9.17) is 14.2 Å². The van der Waals surface area contributed by atoms with E-state index >= 15 is 0 Å². The zero-order valence-corrected chi connectivity index (χ0v) is 19.2. The molecule has 1 fully saturated rings. The Morgan fingerprint density at radius 2 is 1.79 bits per heavy atom. The lowest BCUT2D eigenvalue weighted by atomic mass is 10.0. The molecule has 1 atom stereocenters. The maximum atomic E-state index is 13.9. The van der Waals surface area contributed by atoms with E-state index in [1.54, 1.807) is 33.1 Å². The first-order valence-electron chi connectivity index (χ1n) is 10.7. The van der Waals surface area contributed by atoms with Gasteiger partial charge in [-0.1, -0.05) is 0 Å². The minimum atomic E-state index is -4.65. The Morgan fingerprint density at radius 3 is 2.41 bits per heavy atom. The number of aromatic nitrogens is 2. The molecule has 0 amide bonds. The third-order valence-corrected chi connectivity index (χ3v) is 5.93. The molecule has 1 aromatic heterocycles. The standard InChI is InChI=1S/C24H25F4N3O3/c1-13(15-7-16(24(26,27)28)9-17(25)8-15)29-22-18-10-21(34-12-23(33-4)5-6-23)20(32-3)11-19(18)30-14(2)31-22/h7-11,13H,5-6,12H2,1-4H3,(H,29,30,31)/t13-/m1/s1. The van der Waals surface area contributed by atoms with Crippen LogP contribution in [0.2, 0.25) is 0 Å². The zero-order valence-electron chi connectivity index (χ0n) is 19.2. The molecule has 34 heavy (non-hydrogen) atoms. The summed E-state index contributed by atoms with van der Waals surface area (Å²) in [7, 11) is 3.17. The van der Waals surface area contributed by atoms with Crippen molar-refractivity contribution in [2.75, 3.05) is 26.1 Å². The van der Waals surface area contributed by atoms with Crippen LogP contribution in [0.1, 0.15) is 42.8 Å². The van der Waals surface area contributed by atoms with Crippen LogP contribution in [0.25, 0.3) is 10.9 Å². The highest BCUT2D eigenvalue weighted by Crippen LogP contribution is 2.41. The van der Waals surface area contributed by atoms with Crippen LogP contribution in [0, 0.1) is 12.7 Å². The summed E-state index contributed by atoms with van der Waals surface area (Å²) in [6, 6.07) is 5.23. The topological polar surface area (TPSA) is 65.5 Å². The largest absolute Gasteiger partial charge is 0.493 e. The minimum absolute atomic E-state index is 0.137. The minimum Gasteiger partial charge on any atom is -0.493 e. The Hall–Kier alpha value is -3.14. The Balaban J connectivity index is 1.69. The van der Waals surface area contributed by atoms with Crippen molar-refractivity contribution in [3.05, 3.63) is 53.1 Å². The number of nitrogens with one attached hydrogen (secondary N) is 1. The number of ether oxygens (including phenoxy) is 3. The van der Waals surface area contributed by atoms with Gasteiger partial charge < -0.3 is 19.5 Å². The van der Waals surface area contributed by atoms with Crippen LogP contribution in [0.4, 0.5) is 23.4 Å². The van der Waals surface area contributed by atoms with Crippen molar-refractivity contribution in [3.63, 3.8) is 0 Å². The number of rotatable bonds is 8. The summed E-state index contributed by atoms with van der Waals surface area (Å²) in [4.78, 5) is 8.88. The number of alkyl halides is 3. The normalized spacial score (nSPS) is 15.8. The monoisotopic (exact) mass is 479 g/mol. The first-order valence-corrected chi connectivity index (χ1v) is 10.7. The van der Waals surface area contributed by atoms with Crippen molar-refractivity contribution in [1.29, 1.82) is 0 Å². The fraction of sp³-hybridized carbons (Fsp3) is 0.417. The Kier molecular flexibility index (Phi) is 6.28. The van der Waals surface area contributed by atoms with Crippen molar-refractivity contribution in [2.24, 2.45) is 0 Å². The molecule has 4 rings (SSSR count). The fourth-order valence-corrected chi connectivity index (χ4v) is 3.71. The van der Waals surface area contributed by atoms with E-state index in [0.29, 0.717) is 46.7 Å². The molecule has 1 heterocycles. The zero-order chi connectivity index (χ0) is 24.7. The number of methoxy groups -OCH3 is 2. The lowest BCUT2D eigenvalue weighted by molar-refractivity contribution is -0.137. The number of hydrogen-bond donors (Lipinski definition) is 1. The molecule has 1 aliphatic carbocycles. The lowest BCUT2D eigenvalue weighted by Gasteiger charge is -2.20. The van der Waals surface area contributed by atoms with Gasteiger partial charge in [0.05, 0.1) is 24.2 Å². The van der Waals surface area contributed by atoms with E-state index < -0.39 is 23.6 Å². The molecular weight excluding hydrogens is 454 g/mol. The second-order valence-electron chi connectivity index (χ2n) is 8.45. The first kappa shape index (κ1) is 24.0. The van der Waals surface area contributed by atoms with Crippen LogP contribution in [0.15, 0.2) is 30.3 Å². The second-order valence-corrected chi connectivity index (χ2v) is 8.45. The van der Waals surface area contributed by atoms with Gasteiger partial charge in [-0.3, -0.25) is 0 Å². The summed E-state index contributed by atoms with van der Waals surface area (Å²) in [5, 5.41) is 3.69. The molecule has 182 valence electrons. The number of benzene rings is 2. The number of nitrogens with zero attached hydrogens (tertiary/aromatic N) is 2. The number of anilines is 1. The van der Waals surface area contributed by atoms with E-state index in [1.807, 2.05) is 0 Å². The van der Waals surface area contributed by atoms with Crippen LogP contribution in [0.5, 0.6) is 11.5 Å². The van der Waals surface area contributed by atoms with E-state index in [-0.39, 0.29) is 11.2 Å². The number of halogens is 4. The van der Waals surface area contributed by atoms with Gasteiger partial charge in [0.1, 0.15) is 29.7 Å². The van der Waals surface area contributed by atoms with Gasteiger partial charge in [-0.25, -0.2) is 14.4 Å². The SMILES string of the molecule is COc1cc2nc(C)nc(N[C@H](C)c3cc(F)cc(C(F)(F)F)c3)c2cc1OCC1(OC)CC1. The molecule has 3 aromatic rings. The Morgan fingerprint density at radius 1 is 1.06 bits per heavy atom. The number of aryl methyl sites for hydroxylation is 1. The highest BCUT2D eigenvalue weighted by atomic mass is 19.4. The van der Waals surface area contributed by atoms with Gasteiger partial charge in [-0.15, -0.1) is 0 Å². The van der Waals surface area contributed by atoms with Gasteiger partial charge in [-0.2, -0.15) is 13.2 Å². The molecule has 1 saturated carbocycles. The van der Waals surface area contributed by atoms with Crippen molar-refractivity contribution in [1.82, 2.24) is 9.97 Å². The molecular formula is C24H25F4N3O3. The van der Waals surface area contributed by atoms with Gasteiger partial charge in [0.15, 0.2) is 11.5 Å². The predicted octanol–water partition coefficient (Wildman–Crippen LogP) is 5.84. The number of hydrogen-bond acceptors (Lipinski definition) is 6. The quantitative estimate of drug-likeness (QED) is 0.410. The molecule has 6 nitrogen and oxygen atoms in total. The third-order valence-electron chi connectivity index (χ3n) is 5.93. The molecule has 1 aliphatic rings. The molecule has 10 heteroatoms. The second kappa shape index (κ2) is 8.90. The first-order chi connectivity index (χ1) is 16.0. The lowest BCUT2D eigenvalue weighted by Crippen LogP contribution is -2.21. The van der Waals surface area contributed by atoms with Gasteiger partial charge >= 0.3 is 6.18 Å². The molecule has 0 radical (unpaired) electrons. The average Bonchev–Trinajstić information content (AvgIpc) is 3.56. The summed E-state index contributed by atoms with van der Waals surface area (Å²) < 4.78 is 70.4. The fourth-order valence-electron chi connectivity index (χ4n) is 3.71. The average molecular weight is 479 g/mol. The van der Waals surface area contributed by atoms with Crippen molar-refractivity contribution >= 4 is 16.7 Å². The highest BCUT2D eigenvalue weighted by molar-refractivity contribution is 5.92. The van der Waals surface area contributed by atoms with Crippen LogP contribution in [-0.4, -0.2) is 36.4 Å². The molecule has 0 spiro atoms. The summed E-state index contributed by atoms with van der Waals surface area (Å²) in [5.41, 5.74) is -0.646. The summed E-state index contributed by atoms with van der Waals surface area (Å²) in [5.74, 6) is 0.815. The summed E-state index contributed by atoms with van der Waals surface area (Å²) >= 11 is 0. The third kappa shape index (κ3) is 5.01. The molecule has 2 aromatic carbocycles. The van der Waals surface area contributed by atoms with Crippen LogP contribution < -0.4 is 14.8 Å². The summed E-state index contributed by atoms with van der Waals surface area (Å²) in [6.07, 6.45) is -2.85. The molecule has 1 N–H and O–H groups in total. The van der Waals surface area contributed by atoms with Crippen LogP contribution >= 0.6 is 0 Å². The Labute approximate surface area is 194 Å². The molecule has 0 bridgehead atoms. The smallest absolute Gasteiger partial charge is 0.416 e. The van der Waals surface area contributed by atoms with E-state index in [1.165, 1.54) is 7.11 Å². The molecule has 0 unspecified atom stereocenters. The van der Waals surface area contributed by atoms with Gasteiger partial charge in [0, 0.05) is 18.6 Å². The Bertz CT molecular complexity index is 1210.